The lowest BCUT2D eigenvalue weighted by Gasteiger charge is -2.27. The summed E-state index contributed by atoms with van der Waals surface area (Å²) in [6.07, 6.45) is 4.75. The molecule has 2 heterocycles. The summed E-state index contributed by atoms with van der Waals surface area (Å²) in [5, 5.41) is 1.95. The van der Waals surface area contributed by atoms with Crippen molar-refractivity contribution < 1.29 is 0 Å². The van der Waals surface area contributed by atoms with Gasteiger partial charge in [0.05, 0.1) is 11.0 Å². The second-order valence-corrected chi connectivity index (χ2v) is 5.11. The molecule has 0 spiro atoms. The minimum Gasteiger partial charge on any atom is -0.269 e. The minimum absolute atomic E-state index is 0.583. The Morgan fingerprint density at radius 3 is 2.06 bits per heavy atom. The number of hydrazine groups is 1. The Balaban J connectivity index is 1.95. The van der Waals surface area contributed by atoms with Gasteiger partial charge in [0, 0.05) is 25.5 Å². The maximum atomic E-state index is 5.96. The SMILES string of the molecule is NN1CC2CC(C1)c1cc3nccnc3cc12. The van der Waals surface area contributed by atoms with E-state index in [2.05, 4.69) is 22.1 Å². The molecule has 1 aromatic heterocycles. The Kier molecular flexibility index (Phi) is 1.81. The first kappa shape index (κ1) is 9.50. The third kappa shape index (κ3) is 1.31. The van der Waals surface area contributed by atoms with Crippen LogP contribution in [0.25, 0.3) is 11.0 Å². The van der Waals surface area contributed by atoms with Gasteiger partial charge in [0.15, 0.2) is 0 Å². The first-order chi connectivity index (χ1) is 8.31. The molecule has 1 fully saturated rings. The molecule has 1 aromatic carbocycles. The Labute approximate surface area is 99.4 Å². The van der Waals surface area contributed by atoms with Crippen LogP contribution in [-0.4, -0.2) is 28.1 Å². The van der Waals surface area contributed by atoms with Crippen molar-refractivity contribution in [1.29, 1.82) is 0 Å². The molecule has 86 valence electrons. The summed E-state index contributed by atoms with van der Waals surface area (Å²) in [6.45, 7) is 1.94. The normalized spacial score (nSPS) is 27.4. The summed E-state index contributed by atoms with van der Waals surface area (Å²) in [4.78, 5) is 8.77. The highest BCUT2D eigenvalue weighted by Crippen LogP contribution is 2.46. The quantitative estimate of drug-likeness (QED) is 0.690. The van der Waals surface area contributed by atoms with Crippen LogP contribution in [0.1, 0.15) is 29.4 Å². The van der Waals surface area contributed by atoms with E-state index < -0.39 is 0 Å². The fourth-order valence-corrected chi connectivity index (χ4v) is 3.33. The van der Waals surface area contributed by atoms with E-state index >= 15 is 0 Å². The molecule has 2 unspecified atom stereocenters. The van der Waals surface area contributed by atoms with Crippen molar-refractivity contribution in [1.82, 2.24) is 15.0 Å². The van der Waals surface area contributed by atoms with Crippen LogP contribution < -0.4 is 5.84 Å². The average Bonchev–Trinajstić information content (AvgIpc) is 2.59. The van der Waals surface area contributed by atoms with Crippen LogP contribution in [0, 0.1) is 0 Å². The molecule has 2 aromatic rings. The molecular formula is C13H14N4. The molecule has 2 bridgehead atoms. The highest BCUT2D eigenvalue weighted by molar-refractivity contribution is 5.77. The van der Waals surface area contributed by atoms with Crippen molar-refractivity contribution in [3.63, 3.8) is 0 Å². The van der Waals surface area contributed by atoms with Crippen LogP contribution in [0.5, 0.6) is 0 Å². The van der Waals surface area contributed by atoms with Crippen molar-refractivity contribution in [2.75, 3.05) is 13.1 Å². The van der Waals surface area contributed by atoms with Crippen molar-refractivity contribution >= 4 is 11.0 Å². The third-order valence-electron chi connectivity index (χ3n) is 4.03. The Morgan fingerprint density at radius 2 is 1.53 bits per heavy atom. The molecule has 1 aliphatic carbocycles. The van der Waals surface area contributed by atoms with Crippen molar-refractivity contribution in [3.05, 3.63) is 35.7 Å². The zero-order valence-electron chi connectivity index (χ0n) is 9.50. The summed E-state index contributed by atoms with van der Waals surface area (Å²) in [6, 6.07) is 4.42. The number of aromatic nitrogens is 2. The molecule has 2 aliphatic rings. The molecule has 0 amide bonds. The van der Waals surface area contributed by atoms with Crippen LogP contribution in [0.3, 0.4) is 0 Å². The number of hydrogen-bond donors (Lipinski definition) is 1. The molecule has 0 radical (unpaired) electrons. The number of piperidine rings is 1. The number of hydrogen-bond acceptors (Lipinski definition) is 4. The van der Waals surface area contributed by atoms with Gasteiger partial charge in [-0.1, -0.05) is 0 Å². The van der Waals surface area contributed by atoms with Gasteiger partial charge in [-0.15, -0.1) is 0 Å². The van der Waals surface area contributed by atoms with E-state index in [1.54, 1.807) is 12.4 Å². The Bertz CT molecular complexity index is 544. The molecule has 1 saturated heterocycles. The molecule has 2 atom stereocenters. The smallest absolute Gasteiger partial charge is 0.0889 e. The van der Waals surface area contributed by atoms with E-state index in [9.17, 15) is 0 Å². The largest absolute Gasteiger partial charge is 0.269 e. The van der Waals surface area contributed by atoms with Crippen LogP contribution >= 0.6 is 0 Å². The van der Waals surface area contributed by atoms with E-state index in [-0.39, 0.29) is 0 Å². The van der Waals surface area contributed by atoms with Crippen LogP contribution in [0.4, 0.5) is 0 Å². The first-order valence-electron chi connectivity index (χ1n) is 6.05. The first-order valence-corrected chi connectivity index (χ1v) is 6.05. The molecule has 1 aliphatic heterocycles. The Morgan fingerprint density at radius 1 is 1.00 bits per heavy atom. The van der Waals surface area contributed by atoms with E-state index in [0.717, 1.165) is 24.1 Å². The second kappa shape index (κ2) is 3.24. The van der Waals surface area contributed by atoms with E-state index in [1.807, 2.05) is 5.01 Å². The highest BCUT2D eigenvalue weighted by Gasteiger charge is 2.37. The van der Waals surface area contributed by atoms with Gasteiger partial charge in [0.25, 0.3) is 0 Å². The zero-order valence-corrected chi connectivity index (χ0v) is 9.50. The second-order valence-electron chi connectivity index (χ2n) is 5.11. The average molecular weight is 226 g/mol. The van der Waals surface area contributed by atoms with Gasteiger partial charge in [-0.05, 0) is 41.5 Å². The van der Waals surface area contributed by atoms with Crippen molar-refractivity contribution in [2.24, 2.45) is 5.84 Å². The van der Waals surface area contributed by atoms with E-state index in [1.165, 1.54) is 17.5 Å². The lowest BCUT2D eigenvalue weighted by atomic mass is 9.97. The van der Waals surface area contributed by atoms with Gasteiger partial charge in [-0.3, -0.25) is 15.8 Å². The molecule has 17 heavy (non-hydrogen) atoms. The van der Waals surface area contributed by atoms with Gasteiger partial charge in [0.1, 0.15) is 0 Å². The Hall–Kier alpha value is -1.52. The summed E-state index contributed by atoms with van der Waals surface area (Å²) >= 11 is 0. The monoisotopic (exact) mass is 226 g/mol. The number of rotatable bonds is 0. The molecular weight excluding hydrogens is 212 g/mol. The minimum atomic E-state index is 0.583. The predicted octanol–water partition coefficient (Wildman–Crippen LogP) is 1.39. The van der Waals surface area contributed by atoms with Crippen LogP contribution in [-0.2, 0) is 0 Å². The van der Waals surface area contributed by atoms with Crippen molar-refractivity contribution in [3.8, 4) is 0 Å². The van der Waals surface area contributed by atoms with E-state index in [0.29, 0.717) is 11.8 Å². The fraction of sp³-hybridized carbons (Fsp3) is 0.385. The summed E-state index contributed by atoms with van der Waals surface area (Å²) in [5.74, 6) is 7.13. The molecule has 2 N–H and O–H groups in total. The molecule has 4 heteroatoms. The van der Waals surface area contributed by atoms with Crippen LogP contribution in [0.2, 0.25) is 0 Å². The van der Waals surface area contributed by atoms with E-state index in [4.69, 9.17) is 5.84 Å². The van der Waals surface area contributed by atoms with Crippen molar-refractivity contribution in [2.45, 2.75) is 18.3 Å². The predicted molar refractivity (Wildman–Crippen MR) is 65.4 cm³/mol. The van der Waals surface area contributed by atoms with Gasteiger partial charge in [-0.25, -0.2) is 5.01 Å². The number of benzene rings is 1. The number of nitrogens with zero attached hydrogens (tertiary/aromatic N) is 3. The maximum Gasteiger partial charge on any atom is 0.0889 e. The third-order valence-corrected chi connectivity index (χ3v) is 4.03. The summed E-state index contributed by atoms with van der Waals surface area (Å²) in [5.41, 5.74) is 4.89. The number of nitrogens with two attached hydrogens (primary N) is 1. The van der Waals surface area contributed by atoms with Gasteiger partial charge in [0.2, 0.25) is 0 Å². The summed E-state index contributed by atoms with van der Waals surface area (Å²) in [7, 11) is 0. The van der Waals surface area contributed by atoms with Gasteiger partial charge < -0.3 is 0 Å². The zero-order chi connectivity index (χ0) is 11.4. The highest BCUT2D eigenvalue weighted by atomic mass is 15.4. The maximum absolute atomic E-state index is 5.96. The van der Waals surface area contributed by atoms with Gasteiger partial charge in [-0.2, -0.15) is 0 Å². The molecule has 0 saturated carbocycles. The summed E-state index contributed by atoms with van der Waals surface area (Å²) < 4.78 is 0. The topological polar surface area (TPSA) is 55.0 Å². The number of fused-ring (bicyclic) bond motifs is 6. The van der Waals surface area contributed by atoms with Gasteiger partial charge >= 0.3 is 0 Å². The standard InChI is InChI=1S/C13H14N4/c14-17-6-8-3-9(7-17)11-5-13-12(4-10(8)11)15-1-2-16-13/h1-2,4-5,8-9H,3,6-7,14H2. The lowest BCUT2D eigenvalue weighted by Crippen LogP contribution is -2.40. The van der Waals surface area contributed by atoms with Crippen LogP contribution in [0.15, 0.2) is 24.5 Å². The molecule has 4 rings (SSSR count). The molecule has 4 nitrogen and oxygen atoms in total. The lowest BCUT2D eigenvalue weighted by molar-refractivity contribution is 0.208. The fourth-order valence-electron chi connectivity index (χ4n) is 3.33.